The van der Waals surface area contributed by atoms with Crippen molar-refractivity contribution in [2.45, 2.75) is 45.7 Å². The topological polar surface area (TPSA) is 143 Å². The van der Waals surface area contributed by atoms with E-state index in [1.807, 2.05) is 34.1 Å². The van der Waals surface area contributed by atoms with Crippen LogP contribution in [-0.2, 0) is 30.9 Å². The molecule has 2 N–H and O–H groups in total. The minimum absolute atomic E-state index is 0.0575. The number of para-hydroxylation sites is 2. The van der Waals surface area contributed by atoms with Gasteiger partial charge in [0, 0.05) is 59.0 Å². The van der Waals surface area contributed by atoms with E-state index in [4.69, 9.17) is 19.0 Å². The van der Waals surface area contributed by atoms with Crippen molar-refractivity contribution in [3.05, 3.63) is 30.1 Å². The fourth-order valence-corrected chi connectivity index (χ4v) is 5.29. The number of amides is 2. The first kappa shape index (κ1) is 32.9. The second kappa shape index (κ2) is 15.6. The van der Waals surface area contributed by atoms with Crippen LogP contribution in [0.4, 0.5) is 0 Å². The van der Waals surface area contributed by atoms with Crippen molar-refractivity contribution in [3.8, 4) is 0 Å². The molecule has 2 atom stereocenters. The molecule has 1 unspecified atom stereocenters. The van der Waals surface area contributed by atoms with E-state index in [-0.39, 0.29) is 23.8 Å². The van der Waals surface area contributed by atoms with Crippen molar-refractivity contribution in [3.63, 3.8) is 0 Å². The van der Waals surface area contributed by atoms with E-state index >= 15 is 0 Å². The Balaban J connectivity index is 0.000000850. The van der Waals surface area contributed by atoms with Gasteiger partial charge >= 0.3 is 0 Å². The quantitative estimate of drug-likeness (QED) is 0.311. The van der Waals surface area contributed by atoms with Crippen molar-refractivity contribution < 1.29 is 32.0 Å². The number of unbranched alkanes of at least 4 members (excludes halogenated alkanes) is 1. The first-order valence-corrected chi connectivity index (χ1v) is 16.1. The van der Waals surface area contributed by atoms with Crippen molar-refractivity contribution in [2.75, 3.05) is 65.9 Å². The molecule has 0 spiro atoms. The number of nitrogens with one attached hydrogen (secondary N) is 1. The smallest absolute Gasteiger partial charge is 0.290 e. The molecule has 13 heteroatoms. The molecular formula is C28H45N5O7S. The summed E-state index contributed by atoms with van der Waals surface area (Å²) in [5.41, 5.74) is 1.81. The van der Waals surface area contributed by atoms with E-state index < -0.39 is 10.1 Å². The van der Waals surface area contributed by atoms with E-state index in [1.54, 1.807) is 7.11 Å². The van der Waals surface area contributed by atoms with Gasteiger partial charge in [-0.2, -0.15) is 8.42 Å². The average Bonchev–Trinajstić information content (AvgIpc) is 3.31. The van der Waals surface area contributed by atoms with Gasteiger partial charge in [-0.15, -0.1) is 0 Å². The predicted molar refractivity (Wildman–Crippen MR) is 156 cm³/mol. The van der Waals surface area contributed by atoms with Gasteiger partial charge in [0.05, 0.1) is 36.4 Å². The number of rotatable bonds is 10. The van der Waals surface area contributed by atoms with E-state index in [2.05, 4.69) is 23.7 Å². The standard InChI is InChI=1S/C27H41N5O4.CH4O3S/c1-20(2)19-32(22-16-21(17-28-18-22)26(33)30-11-14-36-15-12-30)27(34)25-29-23-8-4-5-9-24(23)31(25)10-6-7-13-35-3;1-5(2,3)4/h4-5,8-9,20-22,28H,6-7,10-19H2,1-3H3;1H3,(H,2,3,4)/t21?,22-;/m0./s1. The molecule has 0 saturated carbocycles. The zero-order chi connectivity index (χ0) is 30.0. The molecule has 41 heavy (non-hydrogen) atoms. The van der Waals surface area contributed by atoms with Gasteiger partial charge in [-0.3, -0.25) is 14.1 Å². The molecule has 0 radical (unpaired) electrons. The molecule has 2 amide bonds. The van der Waals surface area contributed by atoms with Crippen LogP contribution in [0.1, 0.15) is 43.7 Å². The number of benzene rings is 1. The maximum absolute atomic E-state index is 14.1. The third-order valence-electron chi connectivity index (χ3n) is 7.09. The van der Waals surface area contributed by atoms with Crippen LogP contribution in [0.25, 0.3) is 11.0 Å². The van der Waals surface area contributed by atoms with Crippen LogP contribution >= 0.6 is 0 Å². The Hall–Kier alpha value is -2.58. The summed E-state index contributed by atoms with van der Waals surface area (Å²) in [4.78, 5) is 36.0. The normalized spacial score (nSPS) is 19.6. The second-order valence-electron chi connectivity index (χ2n) is 11.0. The molecule has 2 aliphatic rings. The number of morpholine rings is 1. The van der Waals surface area contributed by atoms with Gasteiger partial charge in [-0.05, 0) is 37.3 Å². The highest BCUT2D eigenvalue weighted by Gasteiger charge is 2.36. The molecule has 2 fully saturated rings. The molecule has 2 aliphatic heterocycles. The maximum Gasteiger partial charge on any atom is 0.290 e. The minimum atomic E-state index is -3.67. The highest BCUT2D eigenvalue weighted by molar-refractivity contribution is 7.85. The van der Waals surface area contributed by atoms with Crippen LogP contribution in [0.2, 0.25) is 0 Å². The molecule has 0 aliphatic carbocycles. The molecule has 12 nitrogen and oxygen atoms in total. The van der Waals surface area contributed by atoms with E-state index in [1.165, 1.54) is 0 Å². The summed E-state index contributed by atoms with van der Waals surface area (Å²) in [6.07, 6.45) is 3.20. The molecule has 1 aromatic carbocycles. The number of hydrogen-bond acceptors (Lipinski definition) is 8. The maximum atomic E-state index is 14.1. The lowest BCUT2D eigenvalue weighted by Gasteiger charge is -2.40. The minimum Gasteiger partial charge on any atom is -0.385 e. The molecule has 0 bridgehead atoms. The largest absolute Gasteiger partial charge is 0.385 e. The van der Waals surface area contributed by atoms with E-state index in [9.17, 15) is 18.0 Å². The molecule has 230 valence electrons. The van der Waals surface area contributed by atoms with Gasteiger partial charge < -0.3 is 29.2 Å². The third-order valence-corrected chi connectivity index (χ3v) is 7.09. The lowest BCUT2D eigenvalue weighted by molar-refractivity contribution is -0.140. The molecule has 3 heterocycles. The molecule has 2 saturated heterocycles. The van der Waals surface area contributed by atoms with Gasteiger partial charge in [0.2, 0.25) is 5.91 Å². The summed E-state index contributed by atoms with van der Waals surface area (Å²) in [5, 5.41) is 3.44. The second-order valence-corrected chi connectivity index (χ2v) is 12.5. The predicted octanol–water partition coefficient (Wildman–Crippen LogP) is 1.90. The number of aromatic nitrogens is 2. The number of fused-ring (bicyclic) bond motifs is 1. The molecular weight excluding hydrogens is 550 g/mol. The van der Waals surface area contributed by atoms with Gasteiger partial charge in [-0.25, -0.2) is 4.98 Å². The number of methoxy groups -OCH3 is 1. The van der Waals surface area contributed by atoms with Gasteiger partial charge in [0.1, 0.15) is 0 Å². The Labute approximate surface area is 243 Å². The Bertz CT molecular complexity index is 1240. The number of imidazole rings is 1. The lowest BCUT2D eigenvalue weighted by Crippen LogP contribution is -2.56. The number of ether oxygens (including phenoxy) is 2. The van der Waals surface area contributed by atoms with Gasteiger partial charge in [-0.1, -0.05) is 26.0 Å². The average molecular weight is 596 g/mol. The number of piperidine rings is 1. The van der Waals surface area contributed by atoms with Crippen LogP contribution in [0.5, 0.6) is 0 Å². The number of carbonyl (C=O) groups excluding carboxylic acids is 2. The van der Waals surface area contributed by atoms with Crippen LogP contribution in [-0.4, -0.2) is 116 Å². The molecule has 4 rings (SSSR count). The Kier molecular flexibility index (Phi) is 12.5. The first-order chi connectivity index (χ1) is 19.5. The number of carbonyl (C=O) groups is 2. The Morgan fingerprint density at radius 2 is 1.88 bits per heavy atom. The van der Waals surface area contributed by atoms with E-state index in [0.717, 1.165) is 23.9 Å². The number of hydrogen-bond donors (Lipinski definition) is 2. The van der Waals surface area contributed by atoms with Crippen molar-refractivity contribution >= 4 is 33.0 Å². The fraction of sp³-hybridized carbons (Fsp3) is 0.679. The fourth-order valence-electron chi connectivity index (χ4n) is 5.29. The summed E-state index contributed by atoms with van der Waals surface area (Å²) >= 11 is 0. The van der Waals surface area contributed by atoms with Crippen molar-refractivity contribution in [1.82, 2.24) is 24.7 Å². The van der Waals surface area contributed by atoms with Gasteiger partial charge in [0.15, 0.2) is 5.82 Å². The highest BCUT2D eigenvalue weighted by atomic mass is 32.2. The van der Waals surface area contributed by atoms with Crippen LogP contribution in [0.3, 0.4) is 0 Å². The van der Waals surface area contributed by atoms with Crippen LogP contribution in [0.15, 0.2) is 24.3 Å². The lowest BCUT2D eigenvalue weighted by atomic mass is 9.92. The summed E-state index contributed by atoms with van der Waals surface area (Å²) in [5.74, 6) is 0.743. The first-order valence-electron chi connectivity index (χ1n) is 14.2. The zero-order valence-corrected chi connectivity index (χ0v) is 25.4. The summed E-state index contributed by atoms with van der Waals surface area (Å²) in [7, 11) is -1.96. The SMILES string of the molecule is COCCCCn1c(C(=O)N(CC(C)C)[C@@H]2CNCC(C(=O)N3CCOCC3)C2)nc2ccccc21.CS(=O)(=O)O. The Morgan fingerprint density at radius 1 is 1.20 bits per heavy atom. The van der Waals surface area contributed by atoms with Gasteiger partial charge in [0.25, 0.3) is 16.0 Å². The summed E-state index contributed by atoms with van der Waals surface area (Å²) < 4.78 is 38.6. The zero-order valence-electron chi connectivity index (χ0n) is 24.6. The third kappa shape index (κ3) is 10.0. The van der Waals surface area contributed by atoms with Crippen LogP contribution in [0, 0.1) is 11.8 Å². The van der Waals surface area contributed by atoms with Crippen molar-refractivity contribution in [2.24, 2.45) is 11.8 Å². The van der Waals surface area contributed by atoms with Crippen LogP contribution < -0.4 is 5.32 Å². The number of nitrogens with zero attached hydrogens (tertiary/aromatic N) is 4. The van der Waals surface area contributed by atoms with Crippen molar-refractivity contribution in [1.29, 1.82) is 0 Å². The highest BCUT2D eigenvalue weighted by Crippen LogP contribution is 2.24. The monoisotopic (exact) mass is 595 g/mol. The van der Waals surface area contributed by atoms with E-state index in [0.29, 0.717) is 83.5 Å². The summed E-state index contributed by atoms with van der Waals surface area (Å²) in [6.45, 7) is 10.1. The Morgan fingerprint density at radius 3 is 2.54 bits per heavy atom. The number of aryl methyl sites for hydroxylation is 1. The molecule has 1 aromatic heterocycles. The summed E-state index contributed by atoms with van der Waals surface area (Å²) in [6, 6.07) is 7.87. The molecule has 2 aromatic rings.